The zero-order chi connectivity index (χ0) is 8.48. The van der Waals surface area contributed by atoms with Gasteiger partial charge >= 0.3 is 0 Å². The molecule has 63 valence electrons. The number of rotatable bonds is 4. The van der Waals surface area contributed by atoms with Crippen molar-refractivity contribution in [2.24, 2.45) is 5.92 Å². The first-order valence-corrected chi connectivity index (χ1v) is 4.94. The maximum atomic E-state index is 2.48. The van der Waals surface area contributed by atoms with Gasteiger partial charge < -0.3 is 0 Å². The van der Waals surface area contributed by atoms with Crippen molar-refractivity contribution in [3.63, 3.8) is 0 Å². The van der Waals surface area contributed by atoms with Crippen molar-refractivity contribution in [2.45, 2.75) is 58.1 Å². The fraction of sp³-hybridized carbons (Fsp3) is 1.00. The van der Waals surface area contributed by atoms with Crippen LogP contribution in [0.4, 0.5) is 0 Å². The van der Waals surface area contributed by atoms with Gasteiger partial charge in [0.15, 0.2) is 0 Å². The first-order chi connectivity index (χ1) is 5.08. The van der Waals surface area contributed by atoms with Crippen LogP contribution in [-0.4, -0.2) is 7.28 Å². The van der Waals surface area contributed by atoms with Crippen molar-refractivity contribution >= 4 is 7.28 Å². The Bertz CT molecular complexity index is 133. The molecule has 3 atom stereocenters. The summed E-state index contributed by atoms with van der Waals surface area (Å²) in [4.78, 5) is 0. The Balaban J connectivity index is 2.13. The highest BCUT2D eigenvalue weighted by Gasteiger charge is 2.46. The Labute approximate surface area is 72.0 Å². The minimum atomic E-state index is 0.615. The molecule has 11 heavy (non-hydrogen) atoms. The molecule has 0 N–H and O–H groups in total. The average molecular weight is 151 g/mol. The third-order valence-electron chi connectivity index (χ3n) is 3.43. The SMILES string of the molecule is CCC(C)CCC1(C)[B]C1C. The smallest absolute Gasteiger partial charge is 0.0727 e. The van der Waals surface area contributed by atoms with Gasteiger partial charge in [-0.05, 0) is 5.92 Å². The van der Waals surface area contributed by atoms with E-state index in [0.717, 1.165) is 11.7 Å². The Morgan fingerprint density at radius 3 is 2.45 bits per heavy atom. The highest BCUT2D eigenvalue weighted by molar-refractivity contribution is 6.56. The Hall–Kier alpha value is 0.0649. The van der Waals surface area contributed by atoms with Gasteiger partial charge in [0.05, 0.1) is 0 Å². The summed E-state index contributed by atoms with van der Waals surface area (Å²) in [5.74, 6) is 1.81. The number of hydrogen-bond acceptors (Lipinski definition) is 0. The van der Waals surface area contributed by atoms with E-state index in [4.69, 9.17) is 0 Å². The molecule has 3 unspecified atom stereocenters. The van der Waals surface area contributed by atoms with Crippen molar-refractivity contribution < 1.29 is 0 Å². The first-order valence-electron chi connectivity index (χ1n) is 4.94. The monoisotopic (exact) mass is 151 g/mol. The van der Waals surface area contributed by atoms with E-state index in [-0.39, 0.29) is 0 Å². The van der Waals surface area contributed by atoms with Gasteiger partial charge in [-0.1, -0.05) is 58.1 Å². The van der Waals surface area contributed by atoms with Gasteiger partial charge in [0.1, 0.15) is 7.28 Å². The van der Waals surface area contributed by atoms with Crippen LogP contribution in [0.3, 0.4) is 0 Å². The van der Waals surface area contributed by atoms with Crippen LogP contribution < -0.4 is 0 Å². The van der Waals surface area contributed by atoms with Crippen LogP contribution in [0.15, 0.2) is 0 Å². The predicted molar refractivity (Wildman–Crippen MR) is 52.2 cm³/mol. The van der Waals surface area contributed by atoms with Crippen LogP contribution in [0.25, 0.3) is 0 Å². The van der Waals surface area contributed by atoms with Crippen LogP contribution in [-0.2, 0) is 0 Å². The van der Waals surface area contributed by atoms with Gasteiger partial charge in [0.25, 0.3) is 0 Å². The van der Waals surface area contributed by atoms with E-state index in [9.17, 15) is 0 Å². The summed E-state index contributed by atoms with van der Waals surface area (Å²) in [5, 5.41) is 0.615. The zero-order valence-corrected chi connectivity index (χ0v) is 8.35. The fourth-order valence-corrected chi connectivity index (χ4v) is 1.60. The molecule has 1 fully saturated rings. The molecule has 1 aliphatic rings. The third kappa shape index (κ3) is 2.25. The molecule has 0 bridgehead atoms. The van der Waals surface area contributed by atoms with E-state index in [1.165, 1.54) is 19.3 Å². The van der Waals surface area contributed by atoms with E-state index in [1.54, 1.807) is 0 Å². The molecular formula is C10H20B. The molecule has 0 aromatic carbocycles. The topological polar surface area (TPSA) is 0 Å². The molecule has 0 nitrogen and oxygen atoms in total. The van der Waals surface area contributed by atoms with Crippen LogP contribution >= 0.6 is 0 Å². The van der Waals surface area contributed by atoms with Gasteiger partial charge in [-0.3, -0.25) is 0 Å². The molecule has 0 amide bonds. The zero-order valence-electron chi connectivity index (χ0n) is 8.35. The molecule has 1 saturated heterocycles. The van der Waals surface area contributed by atoms with Crippen molar-refractivity contribution in [3.8, 4) is 0 Å². The van der Waals surface area contributed by atoms with Gasteiger partial charge in [-0.15, -0.1) is 0 Å². The molecule has 1 rings (SSSR count). The summed E-state index contributed by atoms with van der Waals surface area (Å²) in [6.45, 7) is 9.36. The first kappa shape index (κ1) is 9.16. The van der Waals surface area contributed by atoms with Gasteiger partial charge in [-0.25, -0.2) is 0 Å². The largest absolute Gasteiger partial charge is 0.120 e. The Kier molecular flexibility index (Phi) is 2.67. The van der Waals surface area contributed by atoms with Crippen LogP contribution in [0.2, 0.25) is 11.1 Å². The molecule has 0 aromatic rings. The predicted octanol–water partition coefficient (Wildman–Crippen LogP) is 3.52. The molecule has 1 aliphatic heterocycles. The van der Waals surface area contributed by atoms with Gasteiger partial charge in [-0.2, -0.15) is 0 Å². The molecule has 0 aromatic heterocycles. The average Bonchev–Trinajstić information content (AvgIpc) is 2.56. The molecule has 0 aliphatic carbocycles. The second-order valence-electron chi connectivity index (χ2n) is 4.51. The standard InChI is InChI=1S/C10H20B/c1-5-8(2)6-7-10(4)9(3)11-10/h8-9H,5-7H2,1-4H3. The lowest BCUT2D eigenvalue weighted by Gasteiger charge is -2.14. The van der Waals surface area contributed by atoms with E-state index < -0.39 is 0 Å². The van der Waals surface area contributed by atoms with Crippen LogP contribution in [0.5, 0.6) is 0 Å². The lowest BCUT2D eigenvalue weighted by molar-refractivity contribution is 0.459. The lowest BCUT2D eigenvalue weighted by atomic mass is 9.83. The maximum Gasteiger partial charge on any atom is 0.120 e. The van der Waals surface area contributed by atoms with Crippen molar-refractivity contribution in [1.29, 1.82) is 0 Å². The highest BCUT2D eigenvalue weighted by Crippen LogP contribution is 2.59. The van der Waals surface area contributed by atoms with Crippen molar-refractivity contribution in [3.05, 3.63) is 0 Å². The Morgan fingerprint density at radius 2 is 2.09 bits per heavy atom. The minimum Gasteiger partial charge on any atom is -0.0727 e. The normalized spacial score (nSPS) is 38.0. The molecule has 1 heterocycles. The molecule has 1 radical (unpaired) electrons. The van der Waals surface area contributed by atoms with Gasteiger partial charge in [0, 0.05) is 0 Å². The summed E-state index contributed by atoms with van der Waals surface area (Å²) < 4.78 is 0. The molecule has 0 saturated carbocycles. The van der Waals surface area contributed by atoms with Crippen molar-refractivity contribution in [2.75, 3.05) is 0 Å². The van der Waals surface area contributed by atoms with E-state index in [0.29, 0.717) is 5.31 Å². The van der Waals surface area contributed by atoms with E-state index in [2.05, 4.69) is 35.0 Å². The molecular weight excluding hydrogens is 131 g/mol. The van der Waals surface area contributed by atoms with Crippen LogP contribution in [0, 0.1) is 5.92 Å². The van der Waals surface area contributed by atoms with Crippen LogP contribution in [0.1, 0.15) is 47.0 Å². The Morgan fingerprint density at radius 1 is 1.55 bits per heavy atom. The fourth-order valence-electron chi connectivity index (χ4n) is 1.60. The quantitative estimate of drug-likeness (QED) is 0.539. The maximum absolute atomic E-state index is 2.48. The highest BCUT2D eigenvalue weighted by atomic mass is 14.3. The summed E-state index contributed by atoms with van der Waals surface area (Å²) in [6, 6.07) is 0. The molecule has 1 heteroatoms. The lowest BCUT2D eigenvalue weighted by Crippen LogP contribution is -1.96. The van der Waals surface area contributed by atoms with E-state index in [1.807, 2.05) is 0 Å². The second kappa shape index (κ2) is 3.20. The summed E-state index contributed by atoms with van der Waals surface area (Å²) in [6.07, 6.45) is 4.15. The van der Waals surface area contributed by atoms with E-state index >= 15 is 0 Å². The second-order valence-corrected chi connectivity index (χ2v) is 4.51. The summed E-state index contributed by atoms with van der Waals surface area (Å²) in [5.41, 5.74) is 0. The van der Waals surface area contributed by atoms with Gasteiger partial charge in [0.2, 0.25) is 0 Å². The number of hydrogen-bond donors (Lipinski definition) is 0. The molecule has 0 spiro atoms. The third-order valence-corrected chi connectivity index (χ3v) is 3.43. The van der Waals surface area contributed by atoms with Crippen molar-refractivity contribution in [1.82, 2.24) is 0 Å². The summed E-state index contributed by atoms with van der Waals surface area (Å²) in [7, 11) is 2.48. The summed E-state index contributed by atoms with van der Waals surface area (Å²) >= 11 is 0. The minimum absolute atomic E-state index is 0.615.